The van der Waals surface area contributed by atoms with E-state index in [0.717, 1.165) is 38.5 Å². The molecule has 0 aliphatic rings. The minimum atomic E-state index is -1.16. The van der Waals surface area contributed by atoms with E-state index in [9.17, 15) is 20.1 Å². The Labute approximate surface area is 299 Å². The summed E-state index contributed by atoms with van der Waals surface area (Å²) in [5.41, 5.74) is 0. The van der Waals surface area contributed by atoms with Gasteiger partial charge in [-0.1, -0.05) is 173 Å². The van der Waals surface area contributed by atoms with Crippen molar-refractivity contribution in [3.8, 4) is 0 Å². The molecule has 0 bridgehead atoms. The van der Waals surface area contributed by atoms with E-state index < -0.39 is 18.2 Å². The molecular formula is C43H83NO4. The fraction of sp³-hybridized carbons (Fsp3) is 0.884. The lowest BCUT2D eigenvalue weighted by molar-refractivity contribution is -0.124. The molecule has 1 amide bonds. The lowest BCUT2D eigenvalue weighted by Crippen LogP contribution is -2.50. The van der Waals surface area contributed by atoms with Crippen LogP contribution in [0.3, 0.4) is 0 Å². The van der Waals surface area contributed by atoms with Crippen molar-refractivity contribution in [3.63, 3.8) is 0 Å². The number of unbranched alkanes of at least 4 members (excludes halogenated alkanes) is 26. The van der Waals surface area contributed by atoms with Gasteiger partial charge in [0.05, 0.1) is 18.8 Å². The second kappa shape index (κ2) is 38.6. The number of aliphatic hydroxyl groups is 3. The summed E-state index contributed by atoms with van der Waals surface area (Å²) in [6, 6.07) is -0.825. The van der Waals surface area contributed by atoms with Crippen LogP contribution >= 0.6 is 0 Å². The predicted molar refractivity (Wildman–Crippen MR) is 208 cm³/mol. The Hall–Kier alpha value is -1.17. The monoisotopic (exact) mass is 678 g/mol. The molecular weight excluding hydrogens is 594 g/mol. The molecule has 284 valence electrons. The summed E-state index contributed by atoms with van der Waals surface area (Å²) in [4.78, 5) is 12.4. The number of hydrogen-bond acceptors (Lipinski definition) is 4. The van der Waals surface area contributed by atoms with Crippen LogP contribution in [0, 0.1) is 0 Å². The third-order valence-electron chi connectivity index (χ3n) is 9.78. The molecule has 3 unspecified atom stereocenters. The van der Waals surface area contributed by atoms with Gasteiger partial charge in [0, 0.05) is 6.42 Å². The second-order valence-corrected chi connectivity index (χ2v) is 14.5. The number of carbonyl (C=O) groups is 1. The molecule has 4 N–H and O–H groups in total. The average Bonchev–Trinajstić information content (AvgIpc) is 3.09. The molecule has 5 nitrogen and oxygen atoms in total. The van der Waals surface area contributed by atoms with Crippen LogP contribution in [0.5, 0.6) is 0 Å². The van der Waals surface area contributed by atoms with Crippen molar-refractivity contribution < 1.29 is 20.1 Å². The number of nitrogens with one attached hydrogen (secondary N) is 1. The molecule has 5 heteroatoms. The Morgan fingerprint density at radius 2 is 0.833 bits per heavy atom. The number of rotatable bonds is 38. The van der Waals surface area contributed by atoms with Gasteiger partial charge in [0.1, 0.15) is 6.10 Å². The van der Waals surface area contributed by atoms with Crippen molar-refractivity contribution in [2.24, 2.45) is 0 Å². The maximum Gasteiger partial charge on any atom is 0.220 e. The summed E-state index contributed by atoms with van der Waals surface area (Å²) < 4.78 is 0. The van der Waals surface area contributed by atoms with Gasteiger partial charge >= 0.3 is 0 Å². The first-order chi connectivity index (χ1) is 23.6. The van der Waals surface area contributed by atoms with Gasteiger partial charge in [-0.25, -0.2) is 0 Å². The van der Waals surface area contributed by atoms with Gasteiger partial charge in [-0.15, -0.1) is 0 Å². The summed E-state index contributed by atoms with van der Waals surface area (Å²) >= 11 is 0. The van der Waals surface area contributed by atoms with Gasteiger partial charge in [-0.2, -0.15) is 0 Å². The molecule has 0 saturated carbocycles. The predicted octanol–water partition coefficient (Wildman–Crippen LogP) is 11.8. The van der Waals surface area contributed by atoms with Gasteiger partial charge < -0.3 is 20.6 Å². The van der Waals surface area contributed by atoms with Gasteiger partial charge in [-0.3, -0.25) is 4.79 Å². The zero-order valence-electron chi connectivity index (χ0n) is 32.1. The summed E-state index contributed by atoms with van der Waals surface area (Å²) in [5.74, 6) is -0.158. The highest BCUT2D eigenvalue weighted by Crippen LogP contribution is 2.14. The van der Waals surface area contributed by atoms with E-state index in [1.54, 1.807) is 0 Å². The van der Waals surface area contributed by atoms with E-state index in [1.165, 1.54) is 154 Å². The molecule has 0 aliphatic heterocycles. The third kappa shape index (κ3) is 33.3. The highest BCUT2D eigenvalue weighted by molar-refractivity contribution is 5.76. The van der Waals surface area contributed by atoms with E-state index in [0.29, 0.717) is 12.8 Å². The molecule has 0 aromatic carbocycles. The molecule has 0 spiro atoms. The molecule has 0 fully saturated rings. The number of aliphatic hydroxyl groups excluding tert-OH is 3. The standard InChI is InChI=1S/C43H83NO4/c1-3-5-7-9-11-13-15-17-19-20-21-22-23-24-26-28-30-32-34-36-38-42(47)44-40(39-45)43(48)41(46)37-35-33-31-29-27-25-18-16-14-12-10-8-6-4-2/h21-22,29,31,40-41,43,45-46,48H,3-20,23-28,30,32-39H2,1-2H3,(H,44,47)/b22-21-,31-29+. The highest BCUT2D eigenvalue weighted by atomic mass is 16.3. The van der Waals surface area contributed by atoms with Crippen LogP contribution in [0.25, 0.3) is 0 Å². The van der Waals surface area contributed by atoms with Gasteiger partial charge in [0.15, 0.2) is 0 Å². The Morgan fingerprint density at radius 3 is 1.21 bits per heavy atom. The van der Waals surface area contributed by atoms with Crippen LogP contribution in [0.1, 0.15) is 219 Å². The Kier molecular flexibility index (Phi) is 37.7. The largest absolute Gasteiger partial charge is 0.394 e. The molecule has 48 heavy (non-hydrogen) atoms. The molecule has 0 aromatic heterocycles. The van der Waals surface area contributed by atoms with Crippen LogP contribution in [0.4, 0.5) is 0 Å². The maximum absolute atomic E-state index is 12.4. The SMILES string of the molecule is CCCCCCCCCCC/C=C\CCCCCCCCCC(=O)NC(CO)C(O)C(O)CCC/C=C/CCCCCCCCCCC. The molecule has 3 atom stereocenters. The normalized spacial score (nSPS) is 13.9. The van der Waals surface area contributed by atoms with E-state index in [-0.39, 0.29) is 12.5 Å². The average molecular weight is 678 g/mol. The van der Waals surface area contributed by atoms with Gasteiger partial charge in [0.25, 0.3) is 0 Å². The first-order valence-corrected chi connectivity index (χ1v) is 21.1. The Morgan fingerprint density at radius 1 is 0.500 bits per heavy atom. The summed E-state index contributed by atoms with van der Waals surface area (Å²) in [7, 11) is 0. The van der Waals surface area contributed by atoms with Crippen molar-refractivity contribution in [2.75, 3.05) is 6.61 Å². The highest BCUT2D eigenvalue weighted by Gasteiger charge is 2.26. The number of carbonyl (C=O) groups excluding carboxylic acids is 1. The van der Waals surface area contributed by atoms with Crippen molar-refractivity contribution in [1.82, 2.24) is 5.32 Å². The van der Waals surface area contributed by atoms with Crippen molar-refractivity contribution in [3.05, 3.63) is 24.3 Å². The minimum Gasteiger partial charge on any atom is -0.394 e. The van der Waals surface area contributed by atoms with E-state index in [4.69, 9.17) is 0 Å². The molecule has 0 rings (SSSR count). The molecule has 0 aromatic rings. The van der Waals surface area contributed by atoms with Crippen LogP contribution in [0.2, 0.25) is 0 Å². The number of hydrogen-bond donors (Lipinski definition) is 4. The fourth-order valence-corrected chi connectivity index (χ4v) is 6.45. The smallest absolute Gasteiger partial charge is 0.220 e. The van der Waals surface area contributed by atoms with E-state index in [2.05, 4.69) is 43.5 Å². The quantitative estimate of drug-likeness (QED) is 0.0387. The molecule has 0 heterocycles. The van der Waals surface area contributed by atoms with Crippen molar-refractivity contribution >= 4 is 5.91 Å². The maximum atomic E-state index is 12.4. The number of amides is 1. The van der Waals surface area contributed by atoms with E-state index in [1.807, 2.05) is 0 Å². The zero-order valence-corrected chi connectivity index (χ0v) is 32.1. The van der Waals surface area contributed by atoms with Crippen LogP contribution in [-0.4, -0.2) is 46.1 Å². The summed E-state index contributed by atoms with van der Waals surface area (Å²) in [5, 5.41) is 33.4. The van der Waals surface area contributed by atoms with Crippen molar-refractivity contribution in [1.29, 1.82) is 0 Å². The van der Waals surface area contributed by atoms with Gasteiger partial charge in [0.2, 0.25) is 5.91 Å². The summed E-state index contributed by atoms with van der Waals surface area (Å²) in [6.45, 7) is 4.16. The molecule has 0 aliphatic carbocycles. The Balaban J connectivity index is 3.67. The van der Waals surface area contributed by atoms with Crippen molar-refractivity contribution in [2.45, 2.75) is 238 Å². The third-order valence-corrected chi connectivity index (χ3v) is 9.78. The van der Waals surface area contributed by atoms with Crippen LogP contribution < -0.4 is 5.32 Å². The van der Waals surface area contributed by atoms with E-state index >= 15 is 0 Å². The fourth-order valence-electron chi connectivity index (χ4n) is 6.45. The lowest BCUT2D eigenvalue weighted by atomic mass is 10.0. The first-order valence-electron chi connectivity index (χ1n) is 21.1. The summed E-state index contributed by atoms with van der Waals surface area (Å²) in [6.07, 6.45) is 45.7. The first kappa shape index (κ1) is 46.8. The number of allylic oxidation sites excluding steroid dienone is 4. The topological polar surface area (TPSA) is 89.8 Å². The molecule has 0 radical (unpaired) electrons. The minimum absolute atomic E-state index is 0.158. The van der Waals surface area contributed by atoms with Gasteiger partial charge in [-0.05, 0) is 64.2 Å². The zero-order chi connectivity index (χ0) is 35.2. The van der Waals surface area contributed by atoms with Crippen LogP contribution in [-0.2, 0) is 4.79 Å². The second-order valence-electron chi connectivity index (χ2n) is 14.5. The molecule has 0 saturated heterocycles. The lowest BCUT2D eigenvalue weighted by Gasteiger charge is -2.26. The Bertz CT molecular complexity index is 709. The van der Waals surface area contributed by atoms with Crippen LogP contribution in [0.15, 0.2) is 24.3 Å².